The minimum atomic E-state index is -0.614. The molecule has 0 aliphatic rings. The first-order valence-corrected chi connectivity index (χ1v) is 9.02. The summed E-state index contributed by atoms with van der Waals surface area (Å²) in [4.78, 5) is 40.2. The first-order valence-electron chi connectivity index (χ1n) is 8.23. The smallest absolute Gasteiger partial charge is 0.330 e. The molecule has 0 bridgehead atoms. The number of benzene rings is 1. The standard InChI is InChI=1S/C17H22BrN5O3/c1-3-4-9-23-15(19)14(16(25)21-17(23)26)22(2)10-13(24)20-12-8-6-5-7-11(12)18/h5-8H,3-4,9-10,19H2,1-2H3,(H,20,24)(H,21,25,26). The second-order valence-corrected chi connectivity index (χ2v) is 6.74. The number of rotatable bonds is 7. The molecule has 0 saturated heterocycles. The highest BCUT2D eigenvalue weighted by atomic mass is 79.9. The van der Waals surface area contributed by atoms with Crippen LogP contribution in [0.25, 0.3) is 0 Å². The van der Waals surface area contributed by atoms with Crippen molar-refractivity contribution < 1.29 is 4.79 Å². The minimum absolute atomic E-state index is 0.0587. The number of hydrogen-bond acceptors (Lipinski definition) is 5. The van der Waals surface area contributed by atoms with E-state index in [4.69, 9.17) is 5.73 Å². The highest BCUT2D eigenvalue weighted by Gasteiger charge is 2.18. The van der Waals surface area contributed by atoms with Crippen molar-refractivity contribution in [1.29, 1.82) is 0 Å². The zero-order valence-corrected chi connectivity index (χ0v) is 16.3. The molecule has 140 valence electrons. The molecule has 1 amide bonds. The number of aromatic nitrogens is 2. The highest BCUT2D eigenvalue weighted by molar-refractivity contribution is 9.10. The fourth-order valence-corrected chi connectivity index (χ4v) is 2.92. The lowest BCUT2D eigenvalue weighted by Crippen LogP contribution is -2.39. The van der Waals surface area contributed by atoms with Gasteiger partial charge in [-0.25, -0.2) is 4.79 Å². The topological polar surface area (TPSA) is 113 Å². The van der Waals surface area contributed by atoms with Gasteiger partial charge in [-0.1, -0.05) is 25.5 Å². The average molecular weight is 424 g/mol. The number of carbonyl (C=O) groups is 1. The number of unbranched alkanes of at least 4 members (excludes halogenated alkanes) is 1. The largest absolute Gasteiger partial charge is 0.383 e. The van der Waals surface area contributed by atoms with Gasteiger partial charge in [-0.2, -0.15) is 0 Å². The highest BCUT2D eigenvalue weighted by Crippen LogP contribution is 2.21. The SMILES string of the molecule is CCCCn1c(N)c(N(C)CC(=O)Nc2ccccc2Br)c(=O)[nH]c1=O. The molecule has 1 aromatic carbocycles. The Hall–Kier alpha value is -2.55. The normalized spacial score (nSPS) is 10.6. The fraction of sp³-hybridized carbons (Fsp3) is 0.353. The van der Waals surface area contributed by atoms with E-state index in [9.17, 15) is 14.4 Å². The van der Waals surface area contributed by atoms with Gasteiger partial charge in [0, 0.05) is 18.1 Å². The van der Waals surface area contributed by atoms with E-state index < -0.39 is 11.2 Å². The first-order chi connectivity index (χ1) is 12.3. The van der Waals surface area contributed by atoms with E-state index >= 15 is 0 Å². The van der Waals surface area contributed by atoms with E-state index in [0.717, 1.165) is 17.3 Å². The number of nitrogens with one attached hydrogen (secondary N) is 2. The van der Waals surface area contributed by atoms with E-state index in [1.165, 1.54) is 9.47 Å². The van der Waals surface area contributed by atoms with Gasteiger partial charge >= 0.3 is 5.69 Å². The third-order valence-corrected chi connectivity index (χ3v) is 4.55. The van der Waals surface area contributed by atoms with E-state index in [1.807, 2.05) is 19.1 Å². The van der Waals surface area contributed by atoms with Gasteiger partial charge in [-0.3, -0.25) is 19.1 Å². The summed E-state index contributed by atoms with van der Waals surface area (Å²) in [6, 6.07) is 7.21. The quantitative estimate of drug-likeness (QED) is 0.627. The van der Waals surface area contributed by atoms with Gasteiger partial charge in [0.15, 0.2) is 0 Å². The van der Waals surface area contributed by atoms with Crippen molar-refractivity contribution in [3.8, 4) is 0 Å². The van der Waals surface area contributed by atoms with Crippen LogP contribution in [0.1, 0.15) is 19.8 Å². The molecule has 0 fully saturated rings. The van der Waals surface area contributed by atoms with Gasteiger partial charge in [-0.15, -0.1) is 0 Å². The molecule has 2 aromatic rings. The maximum Gasteiger partial charge on any atom is 0.330 e. The number of halogens is 1. The maximum absolute atomic E-state index is 12.3. The number of amides is 1. The predicted octanol–water partition coefficient (Wildman–Crippen LogP) is 1.76. The number of nitrogens with two attached hydrogens (primary N) is 1. The molecule has 9 heteroatoms. The number of anilines is 3. The molecule has 0 radical (unpaired) electrons. The minimum Gasteiger partial charge on any atom is -0.383 e. The van der Waals surface area contributed by atoms with Gasteiger partial charge < -0.3 is 16.0 Å². The third kappa shape index (κ3) is 4.54. The van der Waals surface area contributed by atoms with Gasteiger partial charge in [0.25, 0.3) is 5.56 Å². The fourth-order valence-electron chi connectivity index (χ4n) is 2.53. The van der Waals surface area contributed by atoms with E-state index in [0.29, 0.717) is 12.2 Å². The molecule has 0 aliphatic heterocycles. The zero-order chi connectivity index (χ0) is 19.3. The van der Waals surface area contributed by atoms with Crippen LogP contribution in [0.5, 0.6) is 0 Å². The maximum atomic E-state index is 12.3. The third-order valence-electron chi connectivity index (χ3n) is 3.86. The molecule has 0 unspecified atom stereocenters. The summed E-state index contributed by atoms with van der Waals surface area (Å²) >= 11 is 3.36. The van der Waals surface area contributed by atoms with E-state index in [-0.39, 0.29) is 24.0 Å². The summed E-state index contributed by atoms with van der Waals surface area (Å²) in [6.45, 7) is 2.30. The molecule has 0 aliphatic carbocycles. The summed E-state index contributed by atoms with van der Waals surface area (Å²) in [6.07, 6.45) is 1.63. The van der Waals surface area contributed by atoms with Gasteiger partial charge in [0.1, 0.15) is 11.5 Å². The number of para-hydroxylation sites is 1. The molecule has 2 rings (SSSR count). The Balaban J connectivity index is 2.22. The molecule has 26 heavy (non-hydrogen) atoms. The van der Waals surface area contributed by atoms with Crippen LogP contribution in [-0.4, -0.2) is 29.1 Å². The van der Waals surface area contributed by atoms with Crippen molar-refractivity contribution in [2.24, 2.45) is 0 Å². The van der Waals surface area contributed by atoms with Crippen LogP contribution in [0, 0.1) is 0 Å². The number of likely N-dealkylation sites (N-methyl/N-ethyl adjacent to an activating group) is 1. The Bertz CT molecular complexity index is 906. The molecule has 0 atom stereocenters. The Kier molecular flexibility index (Phi) is 6.62. The summed E-state index contributed by atoms with van der Waals surface area (Å²) in [7, 11) is 1.58. The number of nitrogens with zero attached hydrogens (tertiary/aromatic N) is 2. The number of hydrogen-bond donors (Lipinski definition) is 3. The molecular formula is C17H22BrN5O3. The van der Waals surface area contributed by atoms with Crippen LogP contribution in [0.15, 0.2) is 38.3 Å². The van der Waals surface area contributed by atoms with Crippen LogP contribution >= 0.6 is 15.9 Å². The van der Waals surface area contributed by atoms with Crippen LogP contribution in [0.2, 0.25) is 0 Å². The number of H-pyrrole nitrogens is 1. The van der Waals surface area contributed by atoms with Crippen molar-refractivity contribution in [1.82, 2.24) is 9.55 Å². The summed E-state index contributed by atoms with van der Waals surface area (Å²) in [5.74, 6) is -0.257. The van der Waals surface area contributed by atoms with Crippen molar-refractivity contribution in [3.63, 3.8) is 0 Å². The Labute approximate surface area is 159 Å². The van der Waals surface area contributed by atoms with Crippen LogP contribution in [0.3, 0.4) is 0 Å². The van der Waals surface area contributed by atoms with Gasteiger partial charge in [0.05, 0.1) is 12.2 Å². The zero-order valence-electron chi connectivity index (χ0n) is 14.7. The summed E-state index contributed by atoms with van der Waals surface area (Å²) in [5, 5.41) is 2.76. The summed E-state index contributed by atoms with van der Waals surface area (Å²) in [5.41, 5.74) is 5.61. The van der Waals surface area contributed by atoms with E-state index in [2.05, 4.69) is 26.2 Å². The first kappa shape index (κ1) is 19.8. The molecule has 0 spiro atoms. The van der Waals surface area contributed by atoms with E-state index in [1.54, 1.807) is 19.2 Å². The number of carbonyl (C=O) groups excluding carboxylic acids is 1. The lowest BCUT2D eigenvalue weighted by molar-refractivity contribution is -0.114. The van der Waals surface area contributed by atoms with Gasteiger partial charge in [0.2, 0.25) is 5.91 Å². The number of aromatic amines is 1. The van der Waals surface area contributed by atoms with Crippen molar-refractivity contribution in [2.75, 3.05) is 29.5 Å². The van der Waals surface area contributed by atoms with Crippen LogP contribution in [-0.2, 0) is 11.3 Å². The molecule has 8 nitrogen and oxygen atoms in total. The lowest BCUT2D eigenvalue weighted by Gasteiger charge is -2.21. The molecular weight excluding hydrogens is 402 g/mol. The molecule has 0 saturated carbocycles. The van der Waals surface area contributed by atoms with Crippen molar-refractivity contribution >= 4 is 39.0 Å². The molecule has 1 heterocycles. The number of nitrogen functional groups attached to an aromatic ring is 1. The summed E-state index contributed by atoms with van der Waals surface area (Å²) < 4.78 is 2.07. The Morgan fingerprint density at radius 3 is 2.69 bits per heavy atom. The average Bonchev–Trinajstić information content (AvgIpc) is 2.56. The van der Waals surface area contributed by atoms with Gasteiger partial charge in [-0.05, 0) is 34.5 Å². The van der Waals surface area contributed by atoms with Crippen LogP contribution < -0.4 is 27.2 Å². The second-order valence-electron chi connectivity index (χ2n) is 5.88. The predicted molar refractivity (Wildman–Crippen MR) is 107 cm³/mol. The Morgan fingerprint density at radius 1 is 1.35 bits per heavy atom. The van der Waals surface area contributed by atoms with Crippen molar-refractivity contribution in [3.05, 3.63) is 49.6 Å². The molecule has 1 aromatic heterocycles. The lowest BCUT2D eigenvalue weighted by atomic mass is 10.3. The van der Waals surface area contributed by atoms with Crippen molar-refractivity contribution in [2.45, 2.75) is 26.3 Å². The van der Waals surface area contributed by atoms with Crippen LogP contribution in [0.4, 0.5) is 17.2 Å². The molecule has 4 N–H and O–H groups in total. The monoisotopic (exact) mass is 423 g/mol. The Morgan fingerprint density at radius 2 is 2.04 bits per heavy atom. The second kappa shape index (κ2) is 8.70.